The Morgan fingerprint density at radius 3 is 0.882 bits per heavy atom. The van der Waals surface area contributed by atoms with E-state index in [2.05, 4.69) is 75.5 Å². The first-order valence-corrected chi connectivity index (χ1v) is 33.3. The molecule has 0 heterocycles. The lowest BCUT2D eigenvalue weighted by molar-refractivity contribution is -0.166. The number of ether oxygens (including phenoxy) is 3. The summed E-state index contributed by atoms with van der Waals surface area (Å²) in [5, 5.41) is 0. The Hall–Kier alpha value is -2.89. The number of carbonyl (C=O) groups excluding carboxylic acids is 3. The zero-order chi connectivity index (χ0) is 55.0. The van der Waals surface area contributed by atoms with Gasteiger partial charge >= 0.3 is 17.9 Å². The van der Waals surface area contributed by atoms with Gasteiger partial charge in [-0.3, -0.25) is 14.4 Å². The van der Waals surface area contributed by atoms with Crippen LogP contribution in [0.3, 0.4) is 0 Å². The number of hydrogen-bond acceptors (Lipinski definition) is 6. The standard InChI is InChI=1S/C70H126O6/c1-4-7-10-13-16-19-22-25-27-29-31-33-35-37-38-40-42-45-48-51-54-57-60-63-69(72)75-66-67(65-74-68(71)62-59-56-53-50-47-44-24-21-18-15-12-9-6-3)76-70(73)64-61-58-55-52-49-46-43-41-39-36-34-32-30-28-26-23-20-17-14-11-8-5-2/h9,12,18,21,29,31,44,47,53,56,67H,4-8,10-11,13-17,19-20,22-28,30,32-43,45-46,48-52,54-55,57-66H2,1-3H3/b12-9-,21-18-,31-29-,47-44-,56-53-. The molecule has 0 radical (unpaired) electrons. The van der Waals surface area contributed by atoms with Gasteiger partial charge in [0.25, 0.3) is 0 Å². The van der Waals surface area contributed by atoms with Crippen molar-refractivity contribution < 1.29 is 28.6 Å². The largest absolute Gasteiger partial charge is 0.462 e. The molecule has 0 rings (SSSR count). The summed E-state index contributed by atoms with van der Waals surface area (Å²) in [7, 11) is 0. The topological polar surface area (TPSA) is 78.9 Å². The number of rotatable bonds is 61. The van der Waals surface area contributed by atoms with E-state index in [-0.39, 0.29) is 37.5 Å². The summed E-state index contributed by atoms with van der Waals surface area (Å²) in [5.74, 6) is -0.959. The minimum absolute atomic E-state index is 0.0931. The van der Waals surface area contributed by atoms with E-state index in [0.29, 0.717) is 19.3 Å². The first-order chi connectivity index (χ1) is 37.5. The van der Waals surface area contributed by atoms with Crippen LogP contribution in [0.2, 0.25) is 0 Å². The highest BCUT2D eigenvalue weighted by atomic mass is 16.6. The number of esters is 3. The van der Waals surface area contributed by atoms with Crippen LogP contribution in [0.5, 0.6) is 0 Å². The normalized spacial score (nSPS) is 12.4. The van der Waals surface area contributed by atoms with Crippen LogP contribution in [0.25, 0.3) is 0 Å². The summed E-state index contributed by atoms with van der Waals surface area (Å²) in [4.78, 5) is 38.3. The van der Waals surface area contributed by atoms with Gasteiger partial charge in [-0.1, -0.05) is 319 Å². The molecule has 0 N–H and O–H groups in total. The SMILES string of the molecule is CC/C=C\C/C=C\C/C=C\C/C=C\CCC(=O)OCC(COC(=O)CCCCCCCCCCCCC/C=C\CCCCCCCCCC)OC(=O)CCCCCCCCCCCCCCCCCCCCCCCC. The van der Waals surface area contributed by atoms with Crippen molar-refractivity contribution in [1.82, 2.24) is 0 Å². The van der Waals surface area contributed by atoms with Crippen molar-refractivity contribution in [3.63, 3.8) is 0 Å². The van der Waals surface area contributed by atoms with E-state index in [4.69, 9.17) is 14.2 Å². The molecular weight excluding hydrogens is 937 g/mol. The molecule has 0 amide bonds. The number of carbonyl (C=O) groups is 3. The molecule has 6 nitrogen and oxygen atoms in total. The van der Waals surface area contributed by atoms with Gasteiger partial charge in [0, 0.05) is 19.3 Å². The highest BCUT2D eigenvalue weighted by Gasteiger charge is 2.19. The number of unbranched alkanes of at least 4 members (excludes halogenated alkanes) is 40. The molecule has 0 aromatic heterocycles. The van der Waals surface area contributed by atoms with Crippen LogP contribution in [0.1, 0.15) is 348 Å². The molecule has 442 valence electrons. The predicted octanol–water partition coefficient (Wildman–Crippen LogP) is 22.7. The van der Waals surface area contributed by atoms with Crippen LogP contribution in [0.15, 0.2) is 60.8 Å². The Morgan fingerprint density at radius 1 is 0.276 bits per heavy atom. The Kier molecular flexibility index (Phi) is 62.2. The quantitative estimate of drug-likeness (QED) is 0.0261. The molecule has 0 aliphatic rings. The van der Waals surface area contributed by atoms with Crippen molar-refractivity contribution in [2.45, 2.75) is 354 Å². The van der Waals surface area contributed by atoms with Gasteiger partial charge in [-0.05, 0) is 70.6 Å². The molecule has 0 aromatic carbocycles. The molecule has 0 aliphatic heterocycles. The molecule has 76 heavy (non-hydrogen) atoms. The third-order valence-corrected chi connectivity index (χ3v) is 14.8. The van der Waals surface area contributed by atoms with E-state index < -0.39 is 6.10 Å². The van der Waals surface area contributed by atoms with Crippen LogP contribution in [0.4, 0.5) is 0 Å². The zero-order valence-electron chi connectivity index (χ0n) is 50.8. The van der Waals surface area contributed by atoms with Crippen LogP contribution >= 0.6 is 0 Å². The smallest absolute Gasteiger partial charge is 0.306 e. The van der Waals surface area contributed by atoms with Crippen LogP contribution < -0.4 is 0 Å². The van der Waals surface area contributed by atoms with Gasteiger partial charge in [0.15, 0.2) is 6.10 Å². The second-order valence-electron chi connectivity index (χ2n) is 22.4. The lowest BCUT2D eigenvalue weighted by Crippen LogP contribution is -2.30. The van der Waals surface area contributed by atoms with Gasteiger partial charge in [-0.2, -0.15) is 0 Å². The Labute approximate surface area is 472 Å². The Bertz CT molecular complexity index is 1360. The molecule has 0 spiro atoms. The fraction of sp³-hybridized carbons (Fsp3) is 0.814. The van der Waals surface area contributed by atoms with E-state index in [1.165, 1.54) is 238 Å². The first-order valence-electron chi connectivity index (χ1n) is 33.3. The maximum absolute atomic E-state index is 12.9. The third-order valence-electron chi connectivity index (χ3n) is 14.8. The monoisotopic (exact) mass is 1060 g/mol. The fourth-order valence-corrected chi connectivity index (χ4v) is 9.81. The van der Waals surface area contributed by atoms with Crippen molar-refractivity contribution in [1.29, 1.82) is 0 Å². The molecule has 0 aliphatic carbocycles. The number of allylic oxidation sites excluding steroid dienone is 10. The van der Waals surface area contributed by atoms with Crippen molar-refractivity contribution in [2.75, 3.05) is 13.2 Å². The maximum atomic E-state index is 12.9. The summed E-state index contributed by atoms with van der Waals surface area (Å²) >= 11 is 0. The molecule has 0 bridgehead atoms. The van der Waals surface area contributed by atoms with Gasteiger partial charge in [-0.25, -0.2) is 0 Å². The summed E-state index contributed by atoms with van der Waals surface area (Å²) in [6.07, 6.45) is 82.6. The summed E-state index contributed by atoms with van der Waals surface area (Å²) in [6, 6.07) is 0. The van der Waals surface area contributed by atoms with Crippen LogP contribution in [-0.4, -0.2) is 37.2 Å². The summed E-state index contributed by atoms with van der Waals surface area (Å²) in [5.41, 5.74) is 0. The molecular formula is C70H126O6. The molecule has 0 fully saturated rings. The van der Waals surface area contributed by atoms with E-state index >= 15 is 0 Å². The summed E-state index contributed by atoms with van der Waals surface area (Å²) in [6.45, 7) is 6.52. The van der Waals surface area contributed by atoms with Crippen LogP contribution in [-0.2, 0) is 28.6 Å². The minimum atomic E-state index is -0.802. The molecule has 0 saturated heterocycles. The molecule has 1 unspecified atom stereocenters. The van der Waals surface area contributed by atoms with Crippen molar-refractivity contribution in [3.05, 3.63) is 60.8 Å². The predicted molar refractivity (Wildman–Crippen MR) is 330 cm³/mol. The van der Waals surface area contributed by atoms with Gasteiger partial charge in [0.1, 0.15) is 13.2 Å². The summed E-state index contributed by atoms with van der Waals surface area (Å²) < 4.78 is 16.9. The highest BCUT2D eigenvalue weighted by Crippen LogP contribution is 2.18. The van der Waals surface area contributed by atoms with E-state index in [9.17, 15) is 14.4 Å². The lowest BCUT2D eigenvalue weighted by Gasteiger charge is -2.18. The van der Waals surface area contributed by atoms with E-state index in [1.54, 1.807) is 0 Å². The van der Waals surface area contributed by atoms with E-state index in [0.717, 1.165) is 64.2 Å². The molecule has 0 saturated carbocycles. The van der Waals surface area contributed by atoms with Gasteiger partial charge in [0.2, 0.25) is 0 Å². The average molecular weight is 1060 g/mol. The first kappa shape index (κ1) is 73.1. The van der Waals surface area contributed by atoms with Crippen molar-refractivity contribution >= 4 is 17.9 Å². The van der Waals surface area contributed by atoms with Gasteiger partial charge in [0.05, 0.1) is 0 Å². The van der Waals surface area contributed by atoms with Crippen molar-refractivity contribution in [3.8, 4) is 0 Å². The van der Waals surface area contributed by atoms with Gasteiger partial charge in [-0.15, -0.1) is 0 Å². The lowest BCUT2D eigenvalue weighted by atomic mass is 10.0. The fourth-order valence-electron chi connectivity index (χ4n) is 9.81. The zero-order valence-corrected chi connectivity index (χ0v) is 50.8. The van der Waals surface area contributed by atoms with Crippen LogP contribution in [0, 0.1) is 0 Å². The third kappa shape index (κ3) is 62.0. The molecule has 6 heteroatoms. The van der Waals surface area contributed by atoms with Gasteiger partial charge < -0.3 is 14.2 Å². The Balaban J connectivity index is 4.30. The number of hydrogen-bond donors (Lipinski definition) is 0. The maximum Gasteiger partial charge on any atom is 0.306 e. The second-order valence-corrected chi connectivity index (χ2v) is 22.4. The van der Waals surface area contributed by atoms with E-state index in [1.807, 2.05) is 6.08 Å². The molecule has 0 aromatic rings. The minimum Gasteiger partial charge on any atom is -0.462 e. The highest BCUT2D eigenvalue weighted by molar-refractivity contribution is 5.71. The second kappa shape index (κ2) is 64.6. The molecule has 1 atom stereocenters. The Morgan fingerprint density at radius 2 is 0.539 bits per heavy atom. The van der Waals surface area contributed by atoms with Crippen molar-refractivity contribution in [2.24, 2.45) is 0 Å². The average Bonchev–Trinajstić information content (AvgIpc) is 3.42.